The summed E-state index contributed by atoms with van der Waals surface area (Å²) in [6.45, 7) is 4.66. The molecule has 0 spiro atoms. The second kappa shape index (κ2) is 7.12. The van der Waals surface area contributed by atoms with Crippen LogP contribution in [0.2, 0.25) is 0 Å². The third-order valence-corrected chi connectivity index (χ3v) is 3.17. The topological polar surface area (TPSA) is 36.4 Å². The summed E-state index contributed by atoms with van der Waals surface area (Å²) in [7, 11) is 0. The number of nitrogens with zero attached hydrogens (tertiary/aromatic N) is 1. The zero-order chi connectivity index (χ0) is 13.5. The normalized spacial score (nSPS) is 15.4. The highest BCUT2D eigenvalue weighted by molar-refractivity contribution is 5.79. The molecule has 1 aliphatic carbocycles. The van der Waals surface area contributed by atoms with Crippen LogP contribution in [-0.2, 0) is 6.42 Å². The van der Waals surface area contributed by atoms with E-state index in [0.29, 0.717) is 0 Å². The summed E-state index contributed by atoms with van der Waals surface area (Å²) in [6.07, 6.45) is 3.51. The van der Waals surface area contributed by atoms with Crippen LogP contribution in [0.5, 0.6) is 0 Å². The van der Waals surface area contributed by atoms with Crippen LogP contribution in [0.15, 0.2) is 29.3 Å². The van der Waals surface area contributed by atoms with Gasteiger partial charge in [0.1, 0.15) is 5.82 Å². The van der Waals surface area contributed by atoms with E-state index in [2.05, 4.69) is 22.5 Å². The Bertz CT molecular complexity index is 410. The predicted octanol–water partition coefficient (Wildman–Crippen LogP) is 2.33. The van der Waals surface area contributed by atoms with E-state index in [-0.39, 0.29) is 5.82 Å². The van der Waals surface area contributed by atoms with Gasteiger partial charge in [0, 0.05) is 19.6 Å². The van der Waals surface area contributed by atoms with Gasteiger partial charge in [-0.15, -0.1) is 0 Å². The van der Waals surface area contributed by atoms with Crippen LogP contribution < -0.4 is 10.6 Å². The van der Waals surface area contributed by atoms with Gasteiger partial charge in [0.25, 0.3) is 0 Å². The molecular formula is C15H22FN3. The highest BCUT2D eigenvalue weighted by Crippen LogP contribution is 2.28. The Balaban J connectivity index is 1.74. The predicted molar refractivity (Wildman–Crippen MR) is 76.8 cm³/mol. The second-order valence-electron chi connectivity index (χ2n) is 4.97. The van der Waals surface area contributed by atoms with Crippen molar-refractivity contribution in [2.45, 2.75) is 26.2 Å². The summed E-state index contributed by atoms with van der Waals surface area (Å²) in [6, 6.07) is 6.65. The monoisotopic (exact) mass is 263 g/mol. The number of rotatable bonds is 6. The lowest BCUT2D eigenvalue weighted by molar-refractivity contribution is 0.626. The summed E-state index contributed by atoms with van der Waals surface area (Å²) in [5, 5.41) is 6.55. The molecule has 104 valence electrons. The number of hydrogen-bond acceptors (Lipinski definition) is 1. The molecule has 0 unspecified atom stereocenters. The van der Waals surface area contributed by atoms with Crippen LogP contribution in [0.4, 0.5) is 4.39 Å². The molecule has 0 aliphatic heterocycles. The number of benzene rings is 1. The first-order valence-electron chi connectivity index (χ1n) is 7.04. The summed E-state index contributed by atoms with van der Waals surface area (Å²) in [4.78, 5) is 4.56. The first-order valence-corrected chi connectivity index (χ1v) is 7.04. The molecule has 1 fully saturated rings. The first-order chi connectivity index (χ1) is 9.28. The van der Waals surface area contributed by atoms with Gasteiger partial charge in [0.05, 0.1) is 0 Å². The molecule has 1 saturated carbocycles. The van der Waals surface area contributed by atoms with Crippen molar-refractivity contribution in [1.29, 1.82) is 0 Å². The minimum Gasteiger partial charge on any atom is -0.357 e. The van der Waals surface area contributed by atoms with Gasteiger partial charge in [-0.1, -0.05) is 12.1 Å². The Morgan fingerprint density at radius 3 is 2.63 bits per heavy atom. The Morgan fingerprint density at radius 1 is 1.26 bits per heavy atom. The molecule has 0 atom stereocenters. The van der Waals surface area contributed by atoms with Crippen molar-refractivity contribution in [3.05, 3.63) is 35.6 Å². The largest absolute Gasteiger partial charge is 0.357 e. The number of halogens is 1. The molecule has 4 heteroatoms. The van der Waals surface area contributed by atoms with Crippen LogP contribution in [0.25, 0.3) is 0 Å². The SMILES string of the molecule is CCNC(=NCC1CC1)NCCc1ccc(F)cc1. The number of nitrogens with one attached hydrogen (secondary N) is 2. The van der Waals surface area contributed by atoms with Crippen LogP contribution >= 0.6 is 0 Å². The average molecular weight is 263 g/mol. The fraction of sp³-hybridized carbons (Fsp3) is 0.533. The summed E-state index contributed by atoms with van der Waals surface area (Å²) < 4.78 is 12.8. The van der Waals surface area contributed by atoms with Crippen molar-refractivity contribution < 1.29 is 4.39 Å². The summed E-state index contributed by atoms with van der Waals surface area (Å²) in [5.41, 5.74) is 1.13. The number of guanidine groups is 1. The average Bonchev–Trinajstić information content (AvgIpc) is 3.22. The molecule has 0 amide bonds. The van der Waals surface area contributed by atoms with Gasteiger partial charge in [-0.25, -0.2) is 4.39 Å². The van der Waals surface area contributed by atoms with Gasteiger partial charge < -0.3 is 10.6 Å². The molecule has 0 saturated heterocycles. The second-order valence-corrected chi connectivity index (χ2v) is 4.97. The molecule has 2 rings (SSSR count). The van der Waals surface area contributed by atoms with Gasteiger partial charge in [-0.05, 0) is 49.8 Å². The molecule has 19 heavy (non-hydrogen) atoms. The van der Waals surface area contributed by atoms with Gasteiger partial charge in [0.15, 0.2) is 5.96 Å². The molecule has 0 bridgehead atoms. The van der Waals surface area contributed by atoms with E-state index in [1.54, 1.807) is 0 Å². The van der Waals surface area contributed by atoms with Crippen molar-refractivity contribution in [2.75, 3.05) is 19.6 Å². The van der Waals surface area contributed by atoms with Crippen LogP contribution in [-0.4, -0.2) is 25.6 Å². The van der Waals surface area contributed by atoms with Crippen molar-refractivity contribution in [1.82, 2.24) is 10.6 Å². The van der Waals surface area contributed by atoms with E-state index in [0.717, 1.165) is 43.5 Å². The minimum atomic E-state index is -0.184. The molecule has 0 heterocycles. The Labute approximate surface area is 114 Å². The third-order valence-electron chi connectivity index (χ3n) is 3.17. The fourth-order valence-electron chi connectivity index (χ4n) is 1.84. The number of aliphatic imine (C=N–C) groups is 1. The Hall–Kier alpha value is -1.58. The molecule has 1 aliphatic rings. The van der Waals surface area contributed by atoms with Crippen LogP contribution in [0.3, 0.4) is 0 Å². The molecule has 3 nitrogen and oxygen atoms in total. The zero-order valence-corrected chi connectivity index (χ0v) is 11.5. The number of hydrogen-bond donors (Lipinski definition) is 2. The van der Waals surface area contributed by atoms with Crippen molar-refractivity contribution in [3.63, 3.8) is 0 Å². The van der Waals surface area contributed by atoms with Crippen molar-refractivity contribution in [2.24, 2.45) is 10.9 Å². The zero-order valence-electron chi connectivity index (χ0n) is 11.5. The fourth-order valence-corrected chi connectivity index (χ4v) is 1.84. The summed E-state index contributed by atoms with van der Waals surface area (Å²) in [5.74, 6) is 1.50. The minimum absolute atomic E-state index is 0.184. The summed E-state index contributed by atoms with van der Waals surface area (Å²) >= 11 is 0. The molecule has 1 aromatic carbocycles. The van der Waals surface area contributed by atoms with E-state index < -0.39 is 0 Å². The van der Waals surface area contributed by atoms with Gasteiger partial charge in [0.2, 0.25) is 0 Å². The lowest BCUT2D eigenvalue weighted by Crippen LogP contribution is -2.38. The molecule has 2 N–H and O–H groups in total. The van der Waals surface area contributed by atoms with E-state index in [1.807, 2.05) is 12.1 Å². The maximum Gasteiger partial charge on any atom is 0.191 e. The van der Waals surface area contributed by atoms with E-state index in [1.165, 1.54) is 25.0 Å². The van der Waals surface area contributed by atoms with Crippen LogP contribution in [0.1, 0.15) is 25.3 Å². The molecule has 0 aromatic heterocycles. The van der Waals surface area contributed by atoms with Crippen molar-refractivity contribution in [3.8, 4) is 0 Å². The van der Waals surface area contributed by atoms with E-state index >= 15 is 0 Å². The van der Waals surface area contributed by atoms with Crippen LogP contribution in [0, 0.1) is 11.7 Å². The van der Waals surface area contributed by atoms with E-state index in [4.69, 9.17) is 0 Å². The molecule has 1 aromatic rings. The highest BCUT2D eigenvalue weighted by atomic mass is 19.1. The Kier molecular flexibility index (Phi) is 5.19. The smallest absolute Gasteiger partial charge is 0.191 e. The first kappa shape index (κ1) is 13.8. The molecular weight excluding hydrogens is 241 g/mol. The maximum atomic E-state index is 12.8. The lowest BCUT2D eigenvalue weighted by atomic mass is 10.1. The van der Waals surface area contributed by atoms with Gasteiger partial charge in [-0.3, -0.25) is 4.99 Å². The Morgan fingerprint density at radius 2 is 2.00 bits per heavy atom. The molecule has 0 radical (unpaired) electrons. The van der Waals surface area contributed by atoms with Gasteiger partial charge >= 0.3 is 0 Å². The van der Waals surface area contributed by atoms with E-state index in [9.17, 15) is 4.39 Å². The van der Waals surface area contributed by atoms with Crippen molar-refractivity contribution >= 4 is 5.96 Å². The maximum absolute atomic E-state index is 12.8. The standard InChI is InChI=1S/C15H22FN3/c1-2-17-15(19-11-13-3-4-13)18-10-9-12-5-7-14(16)8-6-12/h5-8,13H,2-4,9-11H2,1H3,(H2,17,18,19). The third kappa shape index (κ3) is 5.28. The lowest BCUT2D eigenvalue weighted by Gasteiger charge is -2.11. The van der Waals surface area contributed by atoms with Gasteiger partial charge in [-0.2, -0.15) is 0 Å². The highest BCUT2D eigenvalue weighted by Gasteiger charge is 2.20. The quantitative estimate of drug-likeness (QED) is 0.610.